The number of hydrogen-bond acceptors (Lipinski definition) is 4. The van der Waals surface area contributed by atoms with Gasteiger partial charge in [0.1, 0.15) is 17.3 Å². The van der Waals surface area contributed by atoms with E-state index in [9.17, 15) is 4.79 Å². The van der Waals surface area contributed by atoms with E-state index in [1.807, 2.05) is 0 Å². The van der Waals surface area contributed by atoms with E-state index in [1.54, 1.807) is 0 Å². The van der Waals surface area contributed by atoms with Crippen LogP contribution in [-0.4, -0.2) is 22.8 Å². The van der Waals surface area contributed by atoms with Gasteiger partial charge in [-0.2, -0.15) is 0 Å². The van der Waals surface area contributed by atoms with Crippen LogP contribution in [0.2, 0.25) is 10.4 Å². The molecule has 0 aromatic carbocycles. The van der Waals surface area contributed by atoms with Gasteiger partial charge in [-0.05, 0) is 11.6 Å². The standard InChI is InChI=1S/C6H5Cl2N3O/c7-4-3-5(9-1-2-12)11-6(8)10-4/h2-3H,1H2,(H,9,10,11). The van der Waals surface area contributed by atoms with Crippen LogP contribution < -0.4 is 5.32 Å². The van der Waals surface area contributed by atoms with Crippen molar-refractivity contribution in [1.29, 1.82) is 0 Å². The van der Waals surface area contributed by atoms with Crippen molar-refractivity contribution in [2.45, 2.75) is 0 Å². The Labute approximate surface area is 78.9 Å². The quantitative estimate of drug-likeness (QED) is 0.461. The van der Waals surface area contributed by atoms with Crippen LogP contribution in [0.1, 0.15) is 0 Å². The summed E-state index contributed by atoms with van der Waals surface area (Å²) in [5.74, 6) is 0.437. The normalized spacial score (nSPS) is 9.50. The second-order valence-electron chi connectivity index (χ2n) is 1.89. The summed E-state index contributed by atoms with van der Waals surface area (Å²) < 4.78 is 0. The molecule has 0 atom stereocenters. The lowest BCUT2D eigenvalue weighted by molar-refractivity contribution is -0.106. The lowest BCUT2D eigenvalue weighted by atomic mass is 10.5. The van der Waals surface area contributed by atoms with Gasteiger partial charge in [-0.15, -0.1) is 0 Å². The molecule has 1 rings (SSSR count). The van der Waals surface area contributed by atoms with Gasteiger partial charge in [0.15, 0.2) is 0 Å². The zero-order valence-corrected chi connectivity index (χ0v) is 7.43. The Morgan fingerprint density at radius 2 is 2.25 bits per heavy atom. The SMILES string of the molecule is O=CCNc1cc(Cl)nc(Cl)n1. The zero-order chi connectivity index (χ0) is 8.97. The summed E-state index contributed by atoms with van der Waals surface area (Å²) in [5.41, 5.74) is 0. The molecule has 0 bridgehead atoms. The second-order valence-corrected chi connectivity index (χ2v) is 2.62. The van der Waals surface area contributed by atoms with Gasteiger partial charge in [-0.3, -0.25) is 0 Å². The van der Waals surface area contributed by atoms with Gasteiger partial charge in [0, 0.05) is 6.07 Å². The predicted octanol–water partition coefficient (Wildman–Crippen LogP) is 1.39. The number of halogens is 2. The molecular formula is C6H5Cl2N3O. The molecule has 1 heterocycles. The maximum Gasteiger partial charge on any atom is 0.225 e. The summed E-state index contributed by atoms with van der Waals surface area (Å²) in [7, 11) is 0. The summed E-state index contributed by atoms with van der Waals surface area (Å²) in [4.78, 5) is 17.4. The van der Waals surface area contributed by atoms with E-state index in [0.717, 1.165) is 0 Å². The molecule has 0 spiro atoms. The summed E-state index contributed by atoms with van der Waals surface area (Å²) in [6.07, 6.45) is 0.712. The molecule has 6 heteroatoms. The molecule has 4 nitrogen and oxygen atoms in total. The van der Waals surface area contributed by atoms with Gasteiger partial charge in [-0.25, -0.2) is 9.97 Å². The number of nitrogens with one attached hydrogen (secondary N) is 1. The Hall–Kier alpha value is -0.870. The Kier molecular flexibility index (Phi) is 3.25. The van der Waals surface area contributed by atoms with Crippen molar-refractivity contribution in [1.82, 2.24) is 9.97 Å². The van der Waals surface area contributed by atoms with Gasteiger partial charge < -0.3 is 10.1 Å². The smallest absolute Gasteiger partial charge is 0.225 e. The summed E-state index contributed by atoms with van der Waals surface area (Å²) in [5, 5.41) is 2.98. The van der Waals surface area contributed by atoms with Crippen molar-refractivity contribution >= 4 is 35.3 Å². The highest BCUT2D eigenvalue weighted by Crippen LogP contribution is 2.13. The van der Waals surface area contributed by atoms with Gasteiger partial charge in [0.05, 0.1) is 6.54 Å². The van der Waals surface area contributed by atoms with Crippen molar-refractivity contribution in [2.75, 3.05) is 11.9 Å². The summed E-state index contributed by atoms with van der Waals surface area (Å²) in [6.45, 7) is 0.170. The molecule has 64 valence electrons. The number of aromatic nitrogens is 2. The molecule has 1 aromatic heterocycles. The van der Waals surface area contributed by atoms with E-state index in [4.69, 9.17) is 23.2 Å². The first-order valence-electron chi connectivity index (χ1n) is 3.10. The van der Waals surface area contributed by atoms with E-state index in [-0.39, 0.29) is 17.0 Å². The van der Waals surface area contributed by atoms with E-state index in [0.29, 0.717) is 12.1 Å². The number of anilines is 1. The highest BCUT2D eigenvalue weighted by molar-refractivity contribution is 6.32. The van der Waals surface area contributed by atoms with Gasteiger partial charge in [0.25, 0.3) is 0 Å². The molecule has 0 saturated carbocycles. The monoisotopic (exact) mass is 205 g/mol. The number of carbonyl (C=O) groups is 1. The minimum atomic E-state index is 0.0518. The minimum absolute atomic E-state index is 0.0518. The molecule has 1 N–H and O–H groups in total. The summed E-state index contributed by atoms with van der Waals surface area (Å²) >= 11 is 11.1. The molecule has 0 unspecified atom stereocenters. The third-order valence-corrected chi connectivity index (χ3v) is 1.40. The van der Waals surface area contributed by atoms with Crippen molar-refractivity contribution < 1.29 is 4.79 Å². The molecule has 0 aliphatic carbocycles. The lowest BCUT2D eigenvalue weighted by Crippen LogP contribution is -2.04. The number of rotatable bonds is 3. The van der Waals surface area contributed by atoms with Crippen LogP contribution in [0.5, 0.6) is 0 Å². The van der Waals surface area contributed by atoms with Gasteiger partial charge in [-0.1, -0.05) is 11.6 Å². The fraction of sp³-hybridized carbons (Fsp3) is 0.167. The first-order chi connectivity index (χ1) is 5.72. The molecule has 0 aliphatic rings. The molecule has 0 amide bonds. The highest BCUT2D eigenvalue weighted by atomic mass is 35.5. The maximum atomic E-state index is 9.98. The second kappa shape index (κ2) is 4.23. The van der Waals surface area contributed by atoms with Crippen LogP contribution >= 0.6 is 23.2 Å². The molecule has 0 saturated heterocycles. The van der Waals surface area contributed by atoms with Crippen molar-refractivity contribution in [3.8, 4) is 0 Å². The van der Waals surface area contributed by atoms with Crippen LogP contribution in [0.15, 0.2) is 6.07 Å². The molecule has 0 aliphatic heterocycles. The zero-order valence-electron chi connectivity index (χ0n) is 5.92. The van der Waals surface area contributed by atoms with E-state index < -0.39 is 0 Å². The topological polar surface area (TPSA) is 54.9 Å². The Morgan fingerprint density at radius 1 is 1.50 bits per heavy atom. The van der Waals surface area contributed by atoms with E-state index in [1.165, 1.54) is 6.07 Å². The van der Waals surface area contributed by atoms with Crippen molar-refractivity contribution in [3.63, 3.8) is 0 Å². The van der Waals surface area contributed by atoms with Crippen LogP contribution in [0.3, 0.4) is 0 Å². The average Bonchev–Trinajstić information content (AvgIpc) is 1.99. The maximum absolute atomic E-state index is 9.98. The third-order valence-electron chi connectivity index (χ3n) is 1.03. The highest BCUT2D eigenvalue weighted by Gasteiger charge is 1.99. The molecule has 0 radical (unpaired) electrons. The van der Waals surface area contributed by atoms with Crippen molar-refractivity contribution in [3.05, 3.63) is 16.5 Å². The number of aldehydes is 1. The van der Waals surface area contributed by atoms with Crippen LogP contribution in [0, 0.1) is 0 Å². The number of carbonyl (C=O) groups excluding carboxylic acids is 1. The number of hydrogen-bond donors (Lipinski definition) is 1. The Morgan fingerprint density at radius 3 is 2.83 bits per heavy atom. The predicted molar refractivity (Wildman–Crippen MR) is 46.6 cm³/mol. The van der Waals surface area contributed by atoms with Crippen molar-refractivity contribution in [2.24, 2.45) is 0 Å². The molecule has 0 fully saturated rings. The van der Waals surface area contributed by atoms with E-state index >= 15 is 0 Å². The third kappa shape index (κ3) is 2.64. The van der Waals surface area contributed by atoms with Gasteiger partial charge >= 0.3 is 0 Å². The molecular weight excluding hydrogens is 201 g/mol. The van der Waals surface area contributed by atoms with E-state index in [2.05, 4.69) is 15.3 Å². The van der Waals surface area contributed by atoms with Crippen LogP contribution in [0.4, 0.5) is 5.82 Å². The Balaban J connectivity index is 2.78. The fourth-order valence-corrected chi connectivity index (χ4v) is 1.04. The van der Waals surface area contributed by atoms with Crippen LogP contribution in [0.25, 0.3) is 0 Å². The molecule has 1 aromatic rings. The lowest BCUT2D eigenvalue weighted by Gasteiger charge is -2.00. The average molecular weight is 206 g/mol. The first kappa shape index (κ1) is 9.22. The molecule has 12 heavy (non-hydrogen) atoms. The Bertz CT molecular complexity index is 272. The van der Waals surface area contributed by atoms with Gasteiger partial charge in [0.2, 0.25) is 5.28 Å². The van der Waals surface area contributed by atoms with Crippen LogP contribution in [-0.2, 0) is 4.79 Å². The minimum Gasteiger partial charge on any atom is -0.363 e. The summed E-state index contributed by atoms with van der Waals surface area (Å²) in [6, 6.07) is 1.48. The first-order valence-corrected chi connectivity index (χ1v) is 3.85. The largest absolute Gasteiger partial charge is 0.363 e. The number of nitrogens with zero attached hydrogens (tertiary/aromatic N) is 2. The fourth-order valence-electron chi connectivity index (χ4n) is 0.627.